The van der Waals surface area contributed by atoms with Gasteiger partial charge in [0.1, 0.15) is 11.3 Å². The number of anilines is 1. The van der Waals surface area contributed by atoms with Gasteiger partial charge < -0.3 is 10.0 Å². The summed E-state index contributed by atoms with van der Waals surface area (Å²) in [6, 6.07) is 3.13. The van der Waals surface area contributed by atoms with Crippen LogP contribution < -0.4 is 4.90 Å². The van der Waals surface area contributed by atoms with Crippen LogP contribution in [-0.4, -0.2) is 29.1 Å². The lowest BCUT2D eigenvalue weighted by molar-refractivity contribution is 0.0699. The molecule has 5 rings (SSSR count). The second kappa shape index (κ2) is 4.16. The fraction of sp³-hybridized carbons (Fsp3) is 0.375. The Labute approximate surface area is 121 Å². The van der Waals surface area contributed by atoms with Crippen molar-refractivity contribution in [3.05, 3.63) is 34.8 Å². The monoisotopic (exact) mass is 286 g/mol. The summed E-state index contributed by atoms with van der Waals surface area (Å²) in [7, 11) is 0. The van der Waals surface area contributed by atoms with E-state index in [-0.39, 0.29) is 17.0 Å². The van der Waals surface area contributed by atoms with Gasteiger partial charge in [-0.3, -0.25) is 0 Å². The number of fused-ring (bicyclic) bond motifs is 3. The van der Waals surface area contributed by atoms with Crippen molar-refractivity contribution >= 4 is 22.6 Å². The third-order valence-corrected chi connectivity index (χ3v) is 4.60. The maximum atomic E-state index is 14.2. The zero-order valence-corrected chi connectivity index (χ0v) is 11.7. The average Bonchev–Trinajstić information content (AvgIpc) is 2.46. The van der Waals surface area contributed by atoms with Gasteiger partial charge in [0.05, 0.1) is 16.9 Å². The number of carbonyl (C=O) groups is 1. The zero-order valence-electron chi connectivity index (χ0n) is 11.7. The first-order valence-electron chi connectivity index (χ1n) is 7.18. The van der Waals surface area contributed by atoms with Crippen LogP contribution in [0.4, 0.5) is 10.1 Å². The third-order valence-electron chi connectivity index (χ3n) is 4.60. The first-order chi connectivity index (χ1) is 10.1. The van der Waals surface area contributed by atoms with Crippen LogP contribution in [0, 0.1) is 12.7 Å². The normalized spacial score (nSPS) is 17.3. The molecule has 0 radical (unpaired) electrons. The number of carboxylic acid groups (broad SMARTS) is 1. The fourth-order valence-electron chi connectivity index (χ4n) is 3.67. The van der Waals surface area contributed by atoms with Crippen LogP contribution in [0.1, 0.15) is 40.4 Å². The minimum Gasteiger partial charge on any atom is -0.478 e. The van der Waals surface area contributed by atoms with Gasteiger partial charge in [-0.1, -0.05) is 0 Å². The molecule has 2 aromatic rings. The second-order valence-electron chi connectivity index (χ2n) is 5.93. The second-order valence-corrected chi connectivity index (χ2v) is 5.93. The van der Waals surface area contributed by atoms with Crippen molar-refractivity contribution < 1.29 is 14.3 Å². The highest BCUT2D eigenvalue weighted by molar-refractivity contribution is 6.09. The van der Waals surface area contributed by atoms with E-state index in [9.17, 15) is 14.3 Å². The van der Waals surface area contributed by atoms with Crippen molar-refractivity contribution in [2.24, 2.45) is 0 Å². The smallest absolute Gasteiger partial charge is 0.338 e. The number of carboxylic acids is 1. The van der Waals surface area contributed by atoms with Crippen LogP contribution in [0.3, 0.4) is 0 Å². The van der Waals surface area contributed by atoms with E-state index in [1.807, 2.05) is 0 Å². The number of aromatic nitrogens is 1. The lowest BCUT2D eigenvalue weighted by atomic mass is 9.84. The molecule has 0 spiro atoms. The van der Waals surface area contributed by atoms with Gasteiger partial charge in [0.2, 0.25) is 0 Å². The molecule has 1 saturated heterocycles. The first kappa shape index (κ1) is 12.6. The Kier molecular flexibility index (Phi) is 2.49. The molecule has 3 aliphatic heterocycles. The minimum atomic E-state index is -1.00. The molecule has 0 aliphatic carbocycles. The molecule has 21 heavy (non-hydrogen) atoms. The van der Waals surface area contributed by atoms with Crippen LogP contribution in [-0.2, 0) is 0 Å². The van der Waals surface area contributed by atoms with Crippen molar-refractivity contribution in [1.82, 2.24) is 4.98 Å². The first-order valence-corrected chi connectivity index (χ1v) is 7.18. The van der Waals surface area contributed by atoms with Crippen LogP contribution in [0.2, 0.25) is 0 Å². The Morgan fingerprint density at radius 1 is 1.38 bits per heavy atom. The molecule has 1 aromatic heterocycles. The molecule has 0 saturated carbocycles. The summed E-state index contributed by atoms with van der Waals surface area (Å²) in [6.45, 7) is 3.49. The average molecular weight is 286 g/mol. The molecule has 1 aromatic carbocycles. The van der Waals surface area contributed by atoms with Crippen molar-refractivity contribution in [2.45, 2.75) is 25.7 Å². The highest BCUT2D eigenvalue weighted by Gasteiger charge is 2.36. The van der Waals surface area contributed by atoms with Gasteiger partial charge in [-0.2, -0.15) is 0 Å². The Bertz CT molecular complexity index is 780. The summed E-state index contributed by atoms with van der Waals surface area (Å²) in [5.41, 5.74) is 2.58. The topological polar surface area (TPSA) is 53.4 Å². The van der Waals surface area contributed by atoms with Gasteiger partial charge in [0, 0.05) is 24.4 Å². The van der Waals surface area contributed by atoms with Crippen molar-refractivity contribution in [3.63, 3.8) is 0 Å². The molecule has 5 heteroatoms. The largest absolute Gasteiger partial charge is 0.478 e. The highest BCUT2D eigenvalue weighted by atomic mass is 19.1. The molecule has 108 valence electrons. The van der Waals surface area contributed by atoms with Crippen molar-refractivity contribution in [3.8, 4) is 0 Å². The summed E-state index contributed by atoms with van der Waals surface area (Å²) in [6.07, 6.45) is 1.94. The Hall–Kier alpha value is -2.17. The van der Waals surface area contributed by atoms with E-state index in [1.165, 1.54) is 6.07 Å². The Morgan fingerprint density at radius 3 is 2.76 bits per heavy atom. The number of rotatable bonds is 1. The Balaban J connectivity index is 2.17. The number of piperidine rings is 1. The number of pyridine rings is 1. The van der Waals surface area contributed by atoms with E-state index < -0.39 is 11.8 Å². The fourth-order valence-corrected chi connectivity index (χ4v) is 3.67. The standard InChI is InChI=1S/C16H15FN2O2/c1-8-6-10-12(16(20)21)15-13(18-14(10)11(17)7-8)9-2-4-19(15)5-3-9/h6-7,9H,2-5H2,1H3,(H,20,21). The Morgan fingerprint density at radius 2 is 2.10 bits per heavy atom. The van der Waals surface area contributed by atoms with Gasteiger partial charge in [0.25, 0.3) is 0 Å². The lowest BCUT2D eigenvalue weighted by Crippen LogP contribution is -2.40. The molecule has 0 atom stereocenters. The molecule has 3 aliphatic rings. The lowest BCUT2D eigenvalue weighted by Gasteiger charge is -2.42. The molecule has 4 nitrogen and oxygen atoms in total. The molecular formula is C16H15FN2O2. The molecule has 2 bridgehead atoms. The molecule has 4 heterocycles. The van der Waals surface area contributed by atoms with Crippen LogP contribution in [0.15, 0.2) is 12.1 Å². The number of aromatic carboxylic acids is 1. The predicted molar refractivity (Wildman–Crippen MR) is 77.6 cm³/mol. The number of hydrogen-bond donors (Lipinski definition) is 1. The molecular weight excluding hydrogens is 271 g/mol. The van der Waals surface area contributed by atoms with Crippen LogP contribution in [0.5, 0.6) is 0 Å². The number of halogens is 1. The number of nitrogens with zero attached hydrogens (tertiary/aromatic N) is 2. The maximum absolute atomic E-state index is 14.2. The number of aryl methyl sites for hydroxylation is 1. The zero-order chi connectivity index (χ0) is 14.7. The highest BCUT2D eigenvalue weighted by Crippen LogP contribution is 2.45. The molecule has 1 fully saturated rings. The molecule has 0 unspecified atom stereocenters. The van der Waals surface area contributed by atoms with Gasteiger partial charge in [-0.15, -0.1) is 0 Å². The maximum Gasteiger partial charge on any atom is 0.338 e. The van der Waals surface area contributed by atoms with E-state index in [2.05, 4.69) is 9.88 Å². The summed E-state index contributed by atoms with van der Waals surface area (Å²) in [5.74, 6) is -1.18. The summed E-state index contributed by atoms with van der Waals surface area (Å²) in [5, 5.41) is 10.1. The van der Waals surface area contributed by atoms with E-state index in [0.717, 1.165) is 31.6 Å². The molecule has 1 N–H and O–H groups in total. The SMILES string of the molecule is Cc1cc(F)c2nc3c(c(C(=O)O)c2c1)N1CCC3CC1. The number of benzene rings is 1. The van der Waals surface area contributed by atoms with E-state index >= 15 is 0 Å². The van der Waals surface area contributed by atoms with Gasteiger partial charge in [-0.25, -0.2) is 14.2 Å². The third kappa shape index (κ3) is 1.66. The summed E-state index contributed by atoms with van der Waals surface area (Å²) < 4.78 is 14.2. The van der Waals surface area contributed by atoms with Gasteiger partial charge in [0.15, 0.2) is 0 Å². The van der Waals surface area contributed by atoms with Crippen molar-refractivity contribution in [1.29, 1.82) is 0 Å². The van der Waals surface area contributed by atoms with Gasteiger partial charge >= 0.3 is 5.97 Å². The molecule has 0 amide bonds. The summed E-state index contributed by atoms with van der Waals surface area (Å²) >= 11 is 0. The van der Waals surface area contributed by atoms with Gasteiger partial charge in [-0.05, 0) is 37.5 Å². The van der Waals surface area contributed by atoms with Crippen LogP contribution >= 0.6 is 0 Å². The van der Waals surface area contributed by atoms with E-state index in [1.54, 1.807) is 13.0 Å². The number of hydrogen-bond acceptors (Lipinski definition) is 3. The predicted octanol–water partition coefficient (Wildman–Crippen LogP) is 3.08. The van der Waals surface area contributed by atoms with E-state index in [4.69, 9.17) is 0 Å². The van der Waals surface area contributed by atoms with E-state index in [0.29, 0.717) is 16.6 Å². The van der Waals surface area contributed by atoms with Crippen LogP contribution in [0.25, 0.3) is 10.9 Å². The minimum absolute atomic E-state index is 0.186. The summed E-state index contributed by atoms with van der Waals surface area (Å²) in [4.78, 5) is 18.4. The quantitative estimate of drug-likeness (QED) is 0.875. The van der Waals surface area contributed by atoms with Crippen molar-refractivity contribution in [2.75, 3.05) is 18.0 Å².